The van der Waals surface area contributed by atoms with Crippen molar-refractivity contribution in [3.05, 3.63) is 29.8 Å². The number of nitrogens with zero attached hydrogens (tertiary/aromatic N) is 1. The third-order valence-electron chi connectivity index (χ3n) is 4.69. The molecule has 1 atom stereocenters. The van der Waals surface area contributed by atoms with Crippen molar-refractivity contribution < 1.29 is 9.53 Å². The van der Waals surface area contributed by atoms with E-state index in [9.17, 15) is 4.79 Å². The van der Waals surface area contributed by atoms with Gasteiger partial charge in [-0.1, -0.05) is 12.1 Å². The fourth-order valence-electron chi connectivity index (χ4n) is 3.23. The second-order valence-corrected chi connectivity index (χ2v) is 6.53. The highest BCUT2D eigenvalue weighted by Crippen LogP contribution is 2.16. The van der Waals surface area contributed by atoms with Crippen LogP contribution in [0.25, 0.3) is 0 Å². The summed E-state index contributed by atoms with van der Waals surface area (Å²) in [5, 5.41) is 6.35. The van der Waals surface area contributed by atoms with Crippen LogP contribution in [0.15, 0.2) is 24.3 Å². The zero-order chi connectivity index (χ0) is 15.9. The van der Waals surface area contributed by atoms with Crippen molar-refractivity contribution in [2.75, 3.05) is 44.7 Å². The number of nitrogens with one attached hydrogen (secondary N) is 2. The molecule has 3 rings (SSSR count). The quantitative estimate of drug-likeness (QED) is 0.784. The SMILES string of the molecule is Cl.Cl.O=C(CCC1CCNC1)Nc1ccc(CN2CCOCC2)cc1. The molecule has 2 aliphatic heterocycles. The third-order valence-corrected chi connectivity index (χ3v) is 4.69. The molecule has 142 valence electrons. The van der Waals surface area contributed by atoms with E-state index in [2.05, 4.69) is 27.7 Å². The number of hydrogen-bond acceptors (Lipinski definition) is 4. The number of amides is 1. The number of rotatable bonds is 6. The molecule has 1 amide bonds. The van der Waals surface area contributed by atoms with Gasteiger partial charge in [-0.15, -0.1) is 24.8 Å². The van der Waals surface area contributed by atoms with Gasteiger partial charge in [0, 0.05) is 31.7 Å². The summed E-state index contributed by atoms with van der Waals surface area (Å²) >= 11 is 0. The largest absolute Gasteiger partial charge is 0.379 e. The van der Waals surface area contributed by atoms with E-state index in [1.165, 1.54) is 12.0 Å². The van der Waals surface area contributed by atoms with Crippen LogP contribution in [-0.2, 0) is 16.1 Å². The van der Waals surface area contributed by atoms with Crippen LogP contribution in [-0.4, -0.2) is 50.2 Å². The van der Waals surface area contributed by atoms with Crippen LogP contribution in [0.2, 0.25) is 0 Å². The second-order valence-electron chi connectivity index (χ2n) is 6.53. The highest BCUT2D eigenvalue weighted by atomic mass is 35.5. The molecule has 0 bridgehead atoms. The van der Waals surface area contributed by atoms with Gasteiger partial charge in [0.2, 0.25) is 5.91 Å². The molecule has 2 fully saturated rings. The molecule has 0 radical (unpaired) electrons. The molecule has 0 saturated carbocycles. The summed E-state index contributed by atoms with van der Waals surface area (Å²) in [5.41, 5.74) is 2.17. The molecule has 5 nitrogen and oxygen atoms in total. The molecule has 0 aromatic heterocycles. The first-order valence-corrected chi connectivity index (χ1v) is 8.69. The van der Waals surface area contributed by atoms with E-state index in [4.69, 9.17) is 4.74 Å². The maximum atomic E-state index is 12.0. The first-order valence-electron chi connectivity index (χ1n) is 8.69. The maximum Gasteiger partial charge on any atom is 0.224 e. The van der Waals surface area contributed by atoms with Gasteiger partial charge in [0.1, 0.15) is 0 Å². The molecule has 1 aromatic rings. The van der Waals surface area contributed by atoms with Gasteiger partial charge < -0.3 is 15.4 Å². The summed E-state index contributed by atoms with van der Waals surface area (Å²) in [7, 11) is 0. The van der Waals surface area contributed by atoms with Crippen LogP contribution < -0.4 is 10.6 Å². The lowest BCUT2D eigenvalue weighted by atomic mass is 10.0. The Kier molecular flexibility index (Phi) is 10.4. The zero-order valence-electron chi connectivity index (χ0n) is 14.5. The van der Waals surface area contributed by atoms with E-state index in [1.807, 2.05) is 12.1 Å². The minimum atomic E-state index is 0. The lowest BCUT2D eigenvalue weighted by Crippen LogP contribution is -2.35. The molecule has 2 heterocycles. The summed E-state index contributed by atoms with van der Waals surface area (Å²) in [5.74, 6) is 0.787. The predicted octanol–water partition coefficient (Wildman–Crippen LogP) is 2.69. The van der Waals surface area contributed by atoms with E-state index in [-0.39, 0.29) is 30.7 Å². The Balaban J connectivity index is 0.00000156. The predicted molar refractivity (Wildman–Crippen MR) is 106 cm³/mol. The normalized spacial score (nSPS) is 20.4. The monoisotopic (exact) mass is 389 g/mol. The molecule has 1 aromatic carbocycles. The number of carbonyl (C=O) groups is 1. The number of benzene rings is 1. The maximum absolute atomic E-state index is 12.0. The molecule has 7 heteroatoms. The average molecular weight is 390 g/mol. The van der Waals surface area contributed by atoms with E-state index in [0.717, 1.165) is 58.0 Å². The topological polar surface area (TPSA) is 53.6 Å². The highest BCUT2D eigenvalue weighted by molar-refractivity contribution is 5.90. The molecule has 0 spiro atoms. The van der Waals surface area contributed by atoms with Gasteiger partial charge in [-0.3, -0.25) is 9.69 Å². The fourth-order valence-corrected chi connectivity index (χ4v) is 3.23. The number of anilines is 1. The molecule has 2 N–H and O–H groups in total. The number of halogens is 2. The summed E-state index contributed by atoms with van der Waals surface area (Å²) in [6, 6.07) is 8.22. The first-order chi connectivity index (χ1) is 11.3. The van der Waals surface area contributed by atoms with Crippen LogP contribution in [0.3, 0.4) is 0 Å². The molecular formula is C18H29Cl2N3O2. The van der Waals surface area contributed by atoms with E-state index >= 15 is 0 Å². The van der Waals surface area contributed by atoms with Crippen molar-refractivity contribution in [1.29, 1.82) is 0 Å². The summed E-state index contributed by atoms with van der Waals surface area (Å²) < 4.78 is 5.37. The van der Waals surface area contributed by atoms with Crippen molar-refractivity contribution in [2.24, 2.45) is 5.92 Å². The van der Waals surface area contributed by atoms with Gasteiger partial charge >= 0.3 is 0 Å². The van der Waals surface area contributed by atoms with E-state index < -0.39 is 0 Å². The Morgan fingerprint density at radius 3 is 2.56 bits per heavy atom. The van der Waals surface area contributed by atoms with Crippen LogP contribution >= 0.6 is 24.8 Å². The number of carbonyl (C=O) groups excluding carboxylic acids is 1. The van der Waals surface area contributed by atoms with Gasteiger partial charge in [-0.2, -0.15) is 0 Å². The van der Waals surface area contributed by atoms with Crippen LogP contribution in [0.4, 0.5) is 5.69 Å². The summed E-state index contributed by atoms with van der Waals surface area (Å²) in [6.45, 7) is 6.74. The summed E-state index contributed by atoms with van der Waals surface area (Å²) in [4.78, 5) is 14.4. The Hall–Kier alpha value is -0.850. The molecule has 1 unspecified atom stereocenters. The lowest BCUT2D eigenvalue weighted by molar-refractivity contribution is -0.116. The average Bonchev–Trinajstić information content (AvgIpc) is 3.09. The smallest absolute Gasteiger partial charge is 0.224 e. The van der Waals surface area contributed by atoms with Gasteiger partial charge in [0.25, 0.3) is 0 Å². The Bertz CT molecular complexity index is 502. The van der Waals surface area contributed by atoms with E-state index in [1.54, 1.807) is 0 Å². The second kappa shape index (κ2) is 11.7. The van der Waals surface area contributed by atoms with Crippen molar-refractivity contribution in [1.82, 2.24) is 10.2 Å². The minimum Gasteiger partial charge on any atom is -0.379 e. The molecule has 2 aliphatic rings. The van der Waals surface area contributed by atoms with Crippen LogP contribution in [0.5, 0.6) is 0 Å². The number of ether oxygens (including phenoxy) is 1. The van der Waals surface area contributed by atoms with E-state index in [0.29, 0.717) is 12.3 Å². The molecule has 0 aliphatic carbocycles. The van der Waals surface area contributed by atoms with Gasteiger partial charge in [0.05, 0.1) is 13.2 Å². The Morgan fingerprint density at radius 1 is 1.20 bits per heavy atom. The Labute approximate surface area is 162 Å². The number of morpholine rings is 1. The third kappa shape index (κ3) is 7.50. The highest BCUT2D eigenvalue weighted by Gasteiger charge is 2.15. The molecule has 25 heavy (non-hydrogen) atoms. The van der Waals surface area contributed by atoms with Crippen molar-refractivity contribution in [3.8, 4) is 0 Å². The van der Waals surface area contributed by atoms with Crippen molar-refractivity contribution in [2.45, 2.75) is 25.8 Å². The van der Waals surface area contributed by atoms with Crippen molar-refractivity contribution in [3.63, 3.8) is 0 Å². The Morgan fingerprint density at radius 2 is 1.92 bits per heavy atom. The first kappa shape index (κ1) is 22.2. The molecular weight excluding hydrogens is 361 g/mol. The molecule has 2 saturated heterocycles. The fraction of sp³-hybridized carbons (Fsp3) is 0.611. The van der Waals surface area contributed by atoms with Gasteiger partial charge in [-0.25, -0.2) is 0 Å². The zero-order valence-corrected chi connectivity index (χ0v) is 16.2. The van der Waals surface area contributed by atoms with Crippen LogP contribution in [0.1, 0.15) is 24.8 Å². The standard InChI is InChI=1S/C18H27N3O2.2ClH/c22-18(6-3-15-7-8-19-13-15)20-17-4-1-16(2-5-17)14-21-9-11-23-12-10-21;;/h1-2,4-5,15,19H,3,6-14H2,(H,20,22);2*1H. The van der Waals surface area contributed by atoms with Crippen LogP contribution in [0, 0.1) is 5.92 Å². The van der Waals surface area contributed by atoms with Gasteiger partial charge in [-0.05, 0) is 49.5 Å². The summed E-state index contributed by atoms with van der Waals surface area (Å²) in [6.07, 6.45) is 2.79. The minimum absolute atomic E-state index is 0. The lowest BCUT2D eigenvalue weighted by Gasteiger charge is -2.26. The number of hydrogen-bond donors (Lipinski definition) is 2. The van der Waals surface area contributed by atoms with Crippen molar-refractivity contribution >= 4 is 36.4 Å². The van der Waals surface area contributed by atoms with Gasteiger partial charge in [0.15, 0.2) is 0 Å².